The number of hydrogen-bond donors (Lipinski definition) is 4. The molecule has 0 spiro atoms. The Hall–Kier alpha value is -6.51. The van der Waals surface area contributed by atoms with Crippen LogP contribution in [0.25, 0.3) is 22.8 Å². The molecular weight excluding hydrogens is 755 g/mol. The molecule has 0 aliphatic carbocycles. The highest BCUT2D eigenvalue weighted by molar-refractivity contribution is 5.93. The van der Waals surface area contributed by atoms with Gasteiger partial charge in [0.05, 0.1) is 45.5 Å². The Labute approximate surface area is 341 Å². The maximum Gasteiger partial charge on any atom is 0.227 e. The summed E-state index contributed by atoms with van der Waals surface area (Å²) >= 11 is 0. The van der Waals surface area contributed by atoms with Crippen molar-refractivity contribution in [3.63, 3.8) is 0 Å². The lowest BCUT2D eigenvalue weighted by Crippen LogP contribution is -2.39. The van der Waals surface area contributed by atoms with Crippen LogP contribution in [0.15, 0.2) is 108 Å². The molecule has 5 aromatic rings. The van der Waals surface area contributed by atoms with E-state index < -0.39 is 24.3 Å². The molecule has 4 amide bonds. The van der Waals surface area contributed by atoms with Crippen LogP contribution in [0.5, 0.6) is 11.5 Å². The van der Waals surface area contributed by atoms with Crippen LogP contribution in [0.1, 0.15) is 36.8 Å². The Balaban J connectivity index is 0.894. The average molecular weight is 802 g/mol. The standard InChI is InChI=1S/C45H47N5O9/c1-57-38-7-3-5-28(17-38)19-43(55)49-26-36(51)21-34(49)23-41(53)47-32-13-9-30(10-14-32)40-25-46-45(59-40)31-11-15-33(16-12-31)48-42(54)24-35-22-37(52)27-50(35)44(56)20-29-6-4-8-39(18-29)58-2/h3-18,25,34-37,51-52H,19-24,26-27H2,1-2H3,(H,47,53)(H,48,54)/t34-,35-,36+,37+/m0/s1. The summed E-state index contributed by atoms with van der Waals surface area (Å²) in [7, 11) is 3.13. The van der Waals surface area contributed by atoms with E-state index in [0.29, 0.717) is 52.9 Å². The number of oxazole rings is 1. The molecule has 4 N–H and O–H groups in total. The number of likely N-dealkylation sites (tertiary alicyclic amines) is 2. The van der Waals surface area contributed by atoms with Crippen molar-refractivity contribution < 1.29 is 43.3 Å². The van der Waals surface area contributed by atoms with Crippen molar-refractivity contribution in [2.75, 3.05) is 37.9 Å². The van der Waals surface area contributed by atoms with Gasteiger partial charge >= 0.3 is 0 Å². The lowest BCUT2D eigenvalue weighted by atomic mass is 10.1. The molecule has 0 radical (unpaired) electrons. The number of amides is 4. The summed E-state index contributed by atoms with van der Waals surface area (Å²) in [5.74, 6) is 1.34. The SMILES string of the molecule is COc1cccc(CC(=O)N2C[C@H](O)C[C@H]2CC(=O)Nc2ccc(-c3cnc(-c4ccc(NC(=O)C[C@@H]5C[C@@H](O)CN5C(=O)Cc5cccc(OC)c5)cc4)o3)cc2)c1. The molecule has 306 valence electrons. The number of β-amino-alcohol motifs (C(OH)–C–C–N with tert-alkyl or cyclic N) is 2. The molecule has 2 aliphatic rings. The molecule has 0 bridgehead atoms. The minimum absolute atomic E-state index is 0.0459. The normalized spacial score (nSPS) is 18.7. The first-order valence-electron chi connectivity index (χ1n) is 19.5. The van der Waals surface area contributed by atoms with E-state index in [1.807, 2.05) is 24.3 Å². The van der Waals surface area contributed by atoms with Crippen LogP contribution in [0.3, 0.4) is 0 Å². The third-order valence-electron chi connectivity index (χ3n) is 10.6. The number of carbonyl (C=O) groups is 4. The largest absolute Gasteiger partial charge is 0.497 e. The van der Waals surface area contributed by atoms with Gasteiger partial charge in [-0.3, -0.25) is 19.2 Å². The van der Waals surface area contributed by atoms with Crippen LogP contribution >= 0.6 is 0 Å². The fourth-order valence-electron chi connectivity index (χ4n) is 7.71. The second-order valence-corrected chi connectivity index (χ2v) is 14.9. The van der Waals surface area contributed by atoms with Crippen molar-refractivity contribution in [3.05, 3.63) is 114 Å². The van der Waals surface area contributed by atoms with Gasteiger partial charge in [0.2, 0.25) is 29.5 Å². The maximum atomic E-state index is 13.2. The second kappa shape index (κ2) is 18.4. The first kappa shape index (κ1) is 40.7. The van der Waals surface area contributed by atoms with E-state index in [2.05, 4.69) is 15.6 Å². The predicted molar refractivity (Wildman–Crippen MR) is 220 cm³/mol. The monoisotopic (exact) mass is 801 g/mol. The van der Waals surface area contributed by atoms with Crippen LogP contribution in [0, 0.1) is 0 Å². The van der Waals surface area contributed by atoms with Gasteiger partial charge in [0.1, 0.15) is 11.5 Å². The van der Waals surface area contributed by atoms with Gasteiger partial charge < -0.3 is 44.5 Å². The number of nitrogens with one attached hydrogen (secondary N) is 2. The number of ether oxygens (including phenoxy) is 2. The van der Waals surface area contributed by atoms with Gasteiger partial charge in [-0.2, -0.15) is 0 Å². The van der Waals surface area contributed by atoms with Gasteiger partial charge in [-0.15, -0.1) is 0 Å². The number of aliphatic hydroxyl groups excluding tert-OH is 2. The maximum absolute atomic E-state index is 13.2. The smallest absolute Gasteiger partial charge is 0.227 e. The summed E-state index contributed by atoms with van der Waals surface area (Å²) in [6, 6.07) is 27.9. The van der Waals surface area contributed by atoms with Crippen LogP contribution in [-0.4, -0.2) is 100 Å². The molecule has 14 heteroatoms. The summed E-state index contributed by atoms with van der Waals surface area (Å²) in [5, 5.41) is 26.5. The first-order chi connectivity index (χ1) is 28.5. The topological polar surface area (TPSA) is 184 Å². The molecule has 3 heterocycles. The fourth-order valence-corrected chi connectivity index (χ4v) is 7.71. The Kier molecular flexibility index (Phi) is 12.7. The number of rotatable bonds is 14. The van der Waals surface area contributed by atoms with Gasteiger partial charge in [0.25, 0.3) is 0 Å². The van der Waals surface area contributed by atoms with E-state index in [4.69, 9.17) is 13.9 Å². The third-order valence-corrected chi connectivity index (χ3v) is 10.6. The van der Waals surface area contributed by atoms with Crippen molar-refractivity contribution in [3.8, 4) is 34.3 Å². The molecule has 2 aliphatic heterocycles. The molecule has 2 saturated heterocycles. The molecule has 7 rings (SSSR count). The van der Waals surface area contributed by atoms with Gasteiger partial charge in [-0.25, -0.2) is 4.98 Å². The minimum atomic E-state index is -0.697. The van der Waals surface area contributed by atoms with Gasteiger partial charge in [0, 0.05) is 60.5 Å². The van der Waals surface area contributed by atoms with Crippen LogP contribution in [0.2, 0.25) is 0 Å². The van der Waals surface area contributed by atoms with Crippen molar-refractivity contribution in [1.82, 2.24) is 14.8 Å². The van der Waals surface area contributed by atoms with Gasteiger partial charge in [-0.05, 0) is 96.8 Å². The van der Waals surface area contributed by atoms with Crippen molar-refractivity contribution >= 4 is 35.0 Å². The van der Waals surface area contributed by atoms with Crippen LogP contribution in [0.4, 0.5) is 11.4 Å². The molecule has 2 fully saturated rings. The number of aliphatic hydroxyl groups is 2. The predicted octanol–water partition coefficient (Wildman–Crippen LogP) is 5.09. The molecule has 4 aromatic carbocycles. The minimum Gasteiger partial charge on any atom is -0.497 e. The molecular formula is C45H47N5O9. The van der Waals surface area contributed by atoms with Crippen LogP contribution < -0.4 is 20.1 Å². The van der Waals surface area contributed by atoms with E-state index in [9.17, 15) is 29.4 Å². The average Bonchev–Trinajstić information content (AvgIpc) is 3.97. The van der Waals surface area contributed by atoms with Gasteiger partial charge in [-0.1, -0.05) is 24.3 Å². The Morgan fingerprint density at radius 3 is 1.59 bits per heavy atom. The van der Waals surface area contributed by atoms with Crippen molar-refractivity contribution in [2.24, 2.45) is 0 Å². The Morgan fingerprint density at radius 2 is 1.14 bits per heavy atom. The second-order valence-electron chi connectivity index (χ2n) is 14.9. The number of hydrogen-bond acceptors (Lipinski definition) is 10. The van der Waals surface area contributed by atoms with Crippen LogP contribution in [-0.2, 0) is 32.0 Å². The Morgan fingerprint density at radius 1 is 0.678 bits per heavy atom. The highest BCUT2D eigenvalue weighted by Gasteiger charge is 2.36. The third kappa shape index (κ3) is 10.3. The lowest BCUT2D eigenvalue weighted by Gasteiger charge is -2.24. The zero-order valence-electron chi connectivity index (χ0n) is 32.9. The summed E-state index contributed by atoms with van der Waals surface area (Å²) < 4.78 is 16.6. The zero-order chi connectivity index (χ0) is 41.5. The molecule has 59 heavy (non-hydrogen) atoms. The summed E-state index contributed by atoms with van der Waals surface area (Å²) in [6.07, 6.45) is 1.23. The van der Waals surface area contributed by atoms with Crippen molar-refractivity contribution in [2.45, 2.75) is 62.8 Å². The number of carbonyl (C=O) groups excluding carboxylic acids is 4. The van der Waals surface area contributed by atoms with E-state index >= 15 is 0 Å². The fraction of sp³-hybridized carbons (Fsp3) is 0.311. The number of methoxy groups -OCH3 is 2. The Bertz CT molecular complexity index is 2120. The quantitative estimate of drug-likeness (QED) is 0.118. The van der Waals surface area contributed by atoms with E-state index in [1.165, 1.54) is 0 Å². The van der Waals surface area contributed by atoms with E-state index in [0.717, 1.165) is 16.7 Å². The van der Waals surface area contributed by atoms with Gasteiger partial charge in [0.15, 0.2) is 5.76 Å². The molecule has 0 unspecified atom stereocenters. The van der Waals surface area contributed by atoms with E-state index in [1.54, 1.807) is 103 Å². The highest BCUT2D eigenvalue weighted by Crippen LogP contribution is 2.29. The highest BCUT2D eigenvalue weighted by atomic mass is 16.5. The number of nitrogens with zero attached hydrogens (tertiary/aromatic N) is 3. The lowest BCUT2D eigenvalue weighted by molar-refractivity contribution is -0.133. The molecule has 1 aromatic heterocycles. The first-order valence-corrected chi connectivity index (χ1v) is 19.5. The summed E-state index contributed by atoms with van der Waals surface area (Å²) in [6.45, 7) is 0.357. The molecule has 0 saturated carbocycles. The number of benzene rings is 4. The van der Waals surface area contributed by atoms with E-state index in [-0.39, 0.29) is 62.4 Å². The van der Waals surface area contributed by atoms with Crippen molar-refractivity contribution in [1.29, 1.82) is 0 Å². The number of anilines is 2. The molecule has 14 nitrogen and oxygen atoms in total. The summed E-state index contributed by atoms with van der Waals surface area (Å²) in [4.78, 5) is 60.0. The summed E-state index contributed by atoms with van der Waals surface area (Å²) in [5.41, 5.74) is 4.15. The number of aromatic nitrogens is 1. The zero-order valence-corrected chi connectivity index (χ0v) is 32.9. The molecule has 4 atom stereocenters.